The molecule has 0 saturated carbocycles. The highest BCUT2D eigenvalue weighted by atomic mass is 32.1. The van der Waals surface area contributed by atoms with Gasteiger partial charge in [0.05, 0.1) is 31.6 Å². The minimum absolute atomic E-state index is 0.618. The topological polar surface area (TPSA) is 180 Å². The van der Waals surface area contributed by atoms with E-state index in [9.17, 15) is 0 Å². The molecule has 22 rings (SSSR count). The van der Waals surface area contributed by atoms with Crippen LogP contribution in [0.15, 0.2) is 376 Å². The van der Waals surface area contributed by atoms with Gasteiger partial charge in [0, 0.05) is 55.3 Å². The van der Waals surface area contributed by atoms with E-state index in [1.807, 2.05) is 115 Å². The number of thiophene rings is 2. The monoisotopic (exact) mass is 1550 g/mol. The molecule has 552 valence electrons. The van der Waals surface area contributed by atoms with Crippen molar-refractivity contribution in [3.8, 4) is 158 Å². The number of pyridine rings is 1. The van der Waals surface area contributed by atoms with Gasteiger partial charge in [0.25, 0.3) is 0 Å². The van der Waals surface area contributed by atoms with Crippen molar-refractivity contribution in [2.45, 2.75) is 0 Å². The summed E-state index contributed by atoms with van der Waals surface area (Å²) >= 11 is 3.20. The van der Waals surface area contributed by atoms with Crippen LogP contribution in [-0.2, 0) is 0 Å². The van der Waals surface area contributed by atoms with Crippen molar-refractivity contribution in [2.75, 3.05) is 0 Å². The first-order chi connectivity index (χ1) is 58.4. The van der Waals surface area contributed by atoms with Crippen molar-refractivity contribution in [3.63, 3.8) is 0 Å². The third kappa shape index (κ3) is 14.0. The number of nitrogens with zero attached hydrogens (tertiary/aromatic N) is 14. The number of rotatable bonds is 14. The Morgan fingerprint density at radius 1 is 0.186 bits per heavy atom. The van der Waals surface area contributed by atoms with E-state index in [1.54, 1.807) is 29.0 Å². The average Bonchev–Trinajstić information content (AvgIpc) is 1.59. The second-order valence-electron chi connectivity index (χ2n) is 28.5. The number of hydrogen-bond acceptors (Lipinski definition) is 16. The minimum atomic E-state index is 0.618. The molecule has 0 saturated heterocycles. The van der Waals surface area contributed by atoms with Gasteiger partial charge in [-0.2, -0.15) is 0 Å². The molecule has 0 bridgehead atoms. The van der Waals surface area contributed by atoms with Gasteiger partial charge in [-0.1, -0.05) is 322 Å². The molecule has 0 amide bonds. The maximum absolute atomic E-state index is 5.03. The summed E-state index contributed by atoms with van der Waals surface area (Å²) in [6.45, 7) is 0. The molecule has 0 radical (unpaired) electrons. The molecule has 0 atom stereocenters. The van der Waals surface area contributed by atoms with E-state index in [4.69, 9.17) is 49.8 Å². The third-order valence-electron chi connectivity index (χ3n) is 21.1. The lowest BCUT2D eigenvalue weighted by Gasteiger charge is -2.11. The summed E-state index contributed by atoms with van der Waals surface area (Å²) in [5.41, 5.74) is 27.7. The van der Waals surface area contributed by atoms with E-state index in [0.29, 0.717) is 34.9 Å². The Kier molecular flexibility index (Phi) is 18.3. The Morgan fingerprint density at radius 3 is 0.966 bits per heavy atom. The molecular formula is C102H62N14S2. The van der Waals surface area contributed by atoms with E-state index < -0.39 is 0 Å². The highest BCUT2D eigenvalue weighted by Gasteiger charge is 2.22. The lowest BCUT2D eigenvalue weighted by Crippen LogP contribution is -2.00. The van der Waals surface area contributed by atoms with E-state index in [0.717, 1.165) is 174 Å². The third-order valence-corrected chi connectivity index (χ3v) is 23.2. The predicted octanol–water partition coefficient (Wildman–Crippen LogP) is 25.3. The SMILES string of the molecule is c1ccc(-c2ccc(-c3nc(-c4ccccc4)nc(-c4cccc(-c5ccc(-c6cccc(-c7ncnc8c7sc7nc9ccccc9nc78)c6)cc5)c4)n3)cc2)cc1.c1ccc(-c2ccc(-c3nc(-c4ccccc4)nc(-c4cccc(-c5ccc(-c6cccc(-c7nnnc8c7sc7nc9ccccc9cc78)c6)cc5)c4)n3)cc2)cc1. The molecule has 0 N–H and O–H groups in total. The van der Waals surface area contributed by atoms with Gasteiger partial charge in [-0.3, -0.25) is 0 Å². The van der Waals surface area contributed by atoms with Crippen molar-refractivity contribution in [3.05, 3.63) is 376 Å². The number of fused-ring (bicyclic) bond motifs is 8. The van der Waals surface area contributed by atoms with Crippen molar-refractivity contribution in [2.24, 2.45) is 0 Å². The molecule has 0 aliphatic carbocycles. The van der Waals surface area contributed by atoms with Crippen molar-refractivity contribution in [1.82, 2.24) is 70.2 Å². The highest BCUT2D eigenvalue weighted by Crippen LogP contribution is 2.42. The molecule has 8 heterocycles. The maximum Gasteiger partial charge on any atom is 0.164 e. The summed E-state index contributed by atoms with van der Waals surface area (Å²) in [5.74, 6) is 3.75. The van der Waals surface area contributed by atoms with Gasteiger partial charge in [-0.05, 0) is 121 Å². The van der Waals surface area contributed by atoms with Crippen molar-refractivity contribution in [1.29, 1.82) is 0 Å². The van der Waals surface area contributed by atoms with Crippen LogP contribution in [0.5, 0.6) is 0 Å². The fraction of sp³-hybridized carbons (Fsp3) is 0. The molecule has 0 aliphatic heterocycles. The van der Waals surface area contributed by atoms with Gasteiger partial charge in [-0.25, -0.2) is 54.8 Å². The van der Waals surface area contributed by atoms with Crippen molar-refractivity contribution >= 4 is 85.6 Å². The van der Waals surface area contributed by atoms with Gasteiger partial charge < -0.3 is 0 Å². The summed E-state index contributed by atoms with van der Waals surface area (Å²) in [5, 5.41) is 15.2. The summed E-state index contributed by atoms with van der Waals surface area (Å²) in [7, 11) is 0. The van der Waals surface area contributed by atoms with Gasteiger partial charge >= 0.3 is 0 Å². The maximum atomic E-state index is 5.03. The van der Waals surface area contributed by atoms with Gasteiger partial charge in [-0.15, -0.1) is 32.9 Å². The quantitative estimate of drug-likeness (QED) is 0.100. The highest BCUT2D eigenvalue weighted by molar-refractivity contribution is 7.26. The average molecular weight is 1550 g/mol. The number of hydrogen-bond donors (Lipinski definition) is 0. The van der Waals surface area contributed by atoms with Crippen LogP contribution >= 0.6 is 22.7 Å². The first-order valence-electron chi connectivity index (χ1n) is 38.6. The lowest BCUT2D eigenvalue weighted by molar-refractivity contribution is 0.904. The van der Waals surface area contributed by atoms with Gasteiger partial charge in [0.15, 0.2) is 34.9 Å². The first-order valence-corrected chi connectivity index (χ1v) is 40.2. The Bertz CT molecular complexity index is 7080. The van der Waals surface area contributed by atoms with Crippen LogP contribution in [0.3, 0.4) is 0 Å². The molecule has 14 aromatic carbocycles. The largest absolute Gasteiger partial charge is 0.241 e. The summed E-state index contributed by atoms with van der Waals surface area (Å²) in [4.78, 5) is 55.9. The fourth-order valence-electron chi connectivity index (χ4n) is 15.0. The Hall–Kier alpha value is -15.6. The van der Waals surface area contributed by atoms with Crippen LogP contribution in [0.2, 0.25) is 0 Å². The Balaban J connectivity index is 0.000000147. The molecule has 0 aliphatic rings. The van der Waals surface area contributed by atoms with Gasteiger partial charge in [0.2, 0.25) is 0 Å². The van der Waals surface area contributed by atoms with Crippen LogP contribution in [0.4, 0.5) is 0 Å². The zero-order valence-electron chi connectivity index (χ0n) is 62.9. The van der Waals surface area contributed by atoms with E-state index >= 15 is 0 Å². The first kappa shape index (κ1) is 70.3. The van der Waals surface area contributed by atoms with Crippen LogP contribution in [0.25, 0.3) is 221 Å². The zero-order chi connectivity index (χ0) is 78.2. The summed E-state index contributed by atoms with van der Waals surface area (Å²) in [6.07, 6.45) is 1.62. The van der Waals surface area contributed by atoms with Crippen LogP contribution in [0, 0.1) is 0 Å². The molecule has 16 heteroatoms. The lowest BCUT2D eigenvalue weighted by atomic mass is 9.97. The normalized spacial score (nSPS) is 11.4. The number of benzene rings is 14. The molecule has 0 unspecified atom stereocenters. The number of para-hydroxylation sites is 3. The molecule has 14 nitrogen and oxygen atoms in total. The standard InChI is InChI=1S/2C51H31N7S/c1-3-11-32(12-4-1)33-25-27-37(28-26-33)49-56-48(36-13-5-2-6-14-36)57-50(58-49)41-18-10-16-39(30-41)35-23-21-34(22-24-35)38-15-9-17-40(29-38)44-47-45(53-31-52-44)46-51(59-47)55-43-20-8-7-19-42(43)54-46;1-3-11-32(12-4-1)33-25-27-37(28-26-33)49-53-48(36-13-5-2-6-14-36)54-50(55-49)42-19-10-17-39(30-42)35-23-21-34(22-24-35)38-16-9-18-41(29-38)45-47-46(57-58-56-45)43-31-40-15-7-8-20-44(40)52-51(43)59-47/h2*1-31H. The summed E-state index contributed by atoms with van der Waals surface area (Å²) < 4.78 is 1.96. The smallest absolute Gasteiger partial charge is 0.164 e. The molecule has 22 aromatic rings. The number of aromatic nitrogens is 14. The summed E-state index contributed by atoms with van der Waals surface area (Å²) in [6, 6.07) is 127. The molecule has 0 spiro atoms. The minimum Gasteiger partial charge on any atom is -0.241 e. The molecule has 8 aromatic heterocycles. The molecule has 118 heavy (non-hydrogen) atoms. The van der Waals surface area contributed by atoms with Gasteiger partial charge in [0.1, 0.15) is 38.2 Å². The zero-order valence-corrected chi connectivity index (χ0v) is 64.5. The van der Waals surface area contributed by atoms with Crippen LogP contribution in [0.1, 0.15) is 0 Å². The van der Waals surface area contributed by atoms with Crippen LogP contribution in [-0.4, -0.2) is 70.2 Å². The van der Waals surface area contributed by atoms with E-state index in [1.165, 1.54) is 11.1 Å². The van der Waals surface area contributed by atoms with Crippen molar-refractivity contribution < 1.29 is 0 Å². The van der Waals surface area contributed by atoms with E-state index in [-0.39, 0.29) is 0 Å². The predicted molar refractivity (Wildman–Crippen MR) is 479 cm³/mol. The van der Waals surface area contributed by atoms with E-state index in [2.05, 4.69) is 275 Å². The van der Waals surface area contributed by atoms with Crippen LogP contribution < -0.4 is 0 Å². The Labute approximate surface area is 685 Å². The Morgan fingerprint density at radius 2 is 0.500 bits per heavy atom. The molecular weight excluding hydrogens is 1490 g/mol. The second kappa shape index (κ2) is 30.7. The molecule has 0 fully saturated rings. The fourth-order valence-corrected chi connectivity index (χ4v) is 17.2. The second-order valence-corrected chi connectivity index (χ2v) is 30.5.